The molecule has 1 atom stereocenters. The average Bonchev–Trinajstić information content (AvgIpc) is 3.32. The van der Waals surface area contributed by atoms with Gasteiger partial charge in [0.05, 0.1) is 11.0 Å². The van der Waals surface area contributed by atoms with Crippen molar-refractivity contribution in [2.45, 2.75) is 30.3 Å². The number of amides is 1. The van der Waals surface area contributed by atoms with Crippen molar-refractivity contribution in [1.29, 1.82) is 0 Å². The molecule has 0 aromatic heterocycles. The van der Waals surface area contributed by atoms with Crippen LogP contribution in [-0.2, 0) is 14.8 Å². The number of nitrogens with one attached hydrogen (secondary N) is 1. The number of sulfonamides is 1. The number of carbonyl (C=O) groups excluding carboxylic acids is 1. The summed E-state index contributed by atoms with van der Waals surface area (Å²) in [6.07, 6.45) is 4.65. The van der Waals surface area contributed by atoms with E-state index in [1.807, 2.05) is 18.2 Å². The minimum Gasteiger partial charge on any atom is -0.377 e. The van der Waals surface area contributed by atoms with Crippen molar-refractivity contribution < 1.29 is 17.9 Å². The fourth-order valence-corrected chi connectivity index (χ4v) is 4.88. The molecule has 2 aromatic rings. The van der Waals surface area contributed by atoms with Gasteiger partial charge in [0.25, 0.3) is 5.91 Å². The maximum Gasteiger partial charge on any atom is 0.254 e. The van der Waals surface area contributed by atoms with Crippen LogP contribution >= 0.6 is 0 Å². The molecule has 2 aliphatic heterocycles. The number of hydrogen-bond acceptors (Lipinski definition) is 4. The Kier molecular flexibility index (Phi) is 6.32. The molecular formula is C23H26N2O4S. The van der Waals surface area contributed by atoms with Crippen molar-refractivity contribution in [2.75, 3.05) is 26.2 Å². The fourth-order valence-electron chi connectivity index (χ4n) is 3.82. The van der Waals surface area contributed by atoms with Gasteiger partial charge in [0.15, 0.2) is 0 Å². The average molecular weight is 427 g/mol. The van der Waals surface area contributed by atoms with Crippen LogP contribution in [0.2, 0.25) is 0 Å². The SMILES string of the molecule is O=C(c1ccc(S(=O)(=O)NCC2CCCO2)cc1)N1CC=C(c2ccccc2)CC1. The predicted octanol–water partition coefficient (Wildman–Crippen LogP) is 3.07. The van der Waals surface area contributed by atoms with E-state index in [2.05, 4.69) is 22.9 Å². The maximum absolute atomic E-state index is 12.8. The summed E-state index contributed by atoms with van der Waals surface area (Å²) in [5, 5.41) is 0. The molecular weight excluding hydrogens is 400 g/mol. The Hall–Kier alpha value is -2.48. The summed E-state index contributed by atoms with van der Waals surface area (Å²) in [6, 6.07) is 16.3. The lowest BCUT2D eigenvalue weighted by atomic mass is 9.99. The first-order valence-corrected chi connectivity index (χ1v) is 11.8. The molecule has 2 heterocycles. The second kappa shape index (κ2) is 9.12. The molecule has 1 amide bonds. The highest BCUT2D eigenvalue weighted by atomic mass is 32.2. The van der Waals surface area contributed by atoms with Crippen LogP contribution in [0.5, 0.6) is 0 Å². The Bertz CT molecular complexity index is 1010. The van der Waals surface area contributed by atoms with Gasteiger partial charge in [-0.05, 0) is 54.7 Å². The first-order chi connectivity index (χ1) is 14.5. The van der Waals surface area contributed by atoms with Gasteiger partial charge in [-0.3, -0.25) is 4.79 Å². The minimum atomic E-state index is -3.62. The summed E-state index contributed by atoms with van der Waals surface area (Å²) in [7, 11) is -3.62. The monoisotopic (exact) mass is 426 g/mol. The zero-order valence-electron chi connectivity index (χ0n) is 16.8. The summed E-state index contributed by atoms with van der Waals surface area (Å²) < 4.78 is 33.0. The molecule has 7 heteroatoms. The second-order valence-corrected chi connectivity index (χ2v) is 9.37. The molecule has 1 fully saturated rings. The highest BCUT2D eigenvalue weighted by molar-refractivity contribution is 7.89. The first-order valence-electron chi connectivity index (χ1n) is 10.3. The molecule has 2 aromatic carbocycles. The van der Waals surface area contributed by atoms with Crippen molar-refractivity contribution in [3.63, 3.8) is 0 Å². The lowest BCUT2D eigenvalue weighted by Crippen LogP contribution is -2.34. The predicted molar refractivity (Wildman–Crippen MR) is 116 cm³/mol. The molecule has 0 saturated carbocycles. The summed E-state index contributed by atoms with van der Waals surface area (Å²) >= 11 is 0. The van der Waals surface area contributed by atoms with Crippen LogP contribution in [0.4, 0.5) is 0 Å². The van der Waals surface area contributed by atoms with E-state index in [0.29, 0.717) is 25.3 Å². The van der Waals surface area contributed by atoms with E-state index < -0.39 is 10.0 Å². The number of benzene rings is 2. The zero-order valence-corrected chi connectivity index (χ0v) is 17.6. The lowest BCUT2D eigenvalue weighted by Gasteiger charge is -2.27. The van der Waals surface area contributed by atoms with E-state index in [-0.39, 0.29) is 23.5 Å². The van der Waals surface area contributed by atoms with Crippen LogP contribution in [0.1, 0.15) is 35.2 Å². The molecule has 1 N–H and O–H groups in total. The number of hydrogen-bond donors (Lipinski definition) is 1. The maximum atomic E-state index is 12.8. The highest BCUT2D eigenvalue weighted by Gasteiger charge is 2.22. The fraction of sp³-hybridized carbons (Fsp3) is 0.348. The van der Waals surface area contributed by atoms with Gasteiger partial charge in [-0.25, -0.2) is 13.1 Å². The normalized spacial score (nSPS) is 19.5. The summed E-state index contributed by atoms with van der Waals surface area (Å²) in [4.78, 5) is 14.8. The van der Waals surface area contributed by atoms with Crippen LogP contribution in [-0.4, -0.2) is 51.6 Å². The molecule has 0 bridgehead atoms. The van der Waals surface area contributed by atoms with Crippen molar-refractivity contribution in [1.82, 2.24) is 9.62 Å². The number of rotatable bonds is 6. The minimum absolute atomic E-state index is 0.0615. The third-order valence-corrected chi connectivity index (χ3v) is 7.02. The second-order valence-electron chi connectivity index (χ2n) is 7.61. The molecule has 4 rings (SSSR count). The van der Waals surface area contributed by atoms with Crippen molar-refractivity contribution in [3.05, 3.63) is 71.8 Å². The lowest BCUT2D eigenvalue weighted by molar-refractivity contribution is 0.0772. The molecule has 158 valence electrons. The van der Waals surface area contributed by atoms with Crippen LogP contribution in [0.3, 0.4) is 0 Å². The van der Waals surface area contributed by atoms with Gasteiger partial charge < -0.3 is 9.64 Å². The zero-order chi connectivity index (χ0) is 21.0. The van der Waals surface area contributed by atoms with Gasteiger partial charge in [0, 0.05) is 31.8 Å². The Labute approximate surface area is 177 Å². The van der Waals surface area contributed by atoms with Gasteiger partial charge in [-0.1, -0.05) is 36.4 Å². The van der Waals surface area contributed by atoms with Crippen LogP contribution < -0.4 is 4.72 Å². The Morgan fingerprint density at radius 3 is 2.50 bits per heavy atom. The molecule has 0 radical (unpaired) electrons. The third-order valence-electron chi connectivity index (χ3n) is 5.58. The van der Waals surface area contributed by atoms with Crippen molar-refractivity contribution >= 4 is 21.5 Å². The van der Waals surface area contributed by atoms with Gasteiger partial charge in [-0.2, -0.15) is 0 Å². The number of nitrogens with zero attached hydrogens (tertiary/aromatic N) is 1. The quantitative estimate of drug-likeness (QED) is 0.770. The first kappa shape index (κ1) is 20.8. The summed E-state index contributed by atoms with van der Waals surface area (Å²) in [5.74, 6) is -0.0883. The van der Waals surface area contributed by atoms with Gasteiger partial charge in [0.1, 0.15) is 0 Å². The molecule has 0 aliphatic carbocycles. The molecule has 30 heavy (non-hydrogen) atoms. The number of carbonyl (C=O) groups is 1. The highest BCUT2D eigenvalue weighted by Crippen LogP contribution is 2.23. The van der Waals surface area contributed by atoms with E-state index in [1.165, 1.54) is 23.3 Å². The smallest absolute Gasteiger partial charge is 0.254 e. The van der Waals surface area contributed by atoms with E-state index in [0.717, 1.165) is 19.3 Å². The van der Waals surface area contributed by atoms with Gasteiger partial charge in [-0.15, -0.1) is 0 Å². The van der Waals surface area contributed by atoms with E-state index in [1.54, 1.807) is 17.0 Å². The summed E-state index contributed by atoms with van der Waals surface area (Å²) in [6.45, 7) is 2.14. The number of ether oxygens (including phenoxy) is 1. The van der Waals surface area contributed by atoms with Gasteiger partial charge in [0.2, 0.25) is 10.0 Å². The summed E-state index contributed by atoms with van der Waals surface area (Å²) in [5.41, 5.74) is 2.93. The molecule has 6 nitrogen and oxygen atoms in total. The van der Waals surface area contributed by atoms with Crippen LogP contribution in [0.25, 0.3) is 5.57 Å². The topological polar surface area (TPSA) is 75.7 Å². The standard InChI is InChI=1S/C23H26N2O4S/c26-23(25-14-12-19(13-15-25)18-5-2-1-3-6-18)20-8-10-22(11-9-20)30(27,28)24-17-21-7-4-16-29-21/h1-3,5-6,8-12,21,24H,4,7,13-17H2. The van der Waals surface area contributed by atoms with Gasteiger partial charge >= 0.3 is 0 Å². The molecule has 1 unspecified atom stereocenters. The molecule has 1 saturated heterocycles. The van der Waals surface area contributed by atoms with Crippen molar-refractivity contribution in [2.24, 2.45) is 0 Å². The van der Waals surface area contributed by atoms with E-state index >= 15 is 0 Å². The van der Waals surface area contributed by atoms with E-state index in [9.17, 15) is 13.2 Å². The Morgan fingerprint density at radius 2 is 1.87 bits per heavy atom. The van der Waals surface area contributed by atoms with Crippen LogP contribution in [0, 0.1) is 0 Å². The van der Waals surface area contributed by atoms with Crippen LogP contribution in [0.15, 0.2) is 65.6 Å². The Morgan fingerprint density at radius 1 is 1.10 bits per heavy atom. The molecule has 0 spiro atoms. The van der Waals surface area contributed by atoms with Crippen molar-refractivity contribution in [3.8, 4) is 0 Å². The third kappa shape index (κ3) is 4.80. The Balaban J connectivity index is 1.38. The molecule has 2 aliphatic rings. The largest absolute Gasteiger partial charge is 0.377 e. The van der Waals surface area contributed by atoms with E-state index in [4.69, 9.17) is 4.74 Å².